The largest absolute Gasteiger partial charge is 0.497 e. The molecular weight excluding hydrogens is 406 g/mol. The summed E-state index contributed by atoms with van der Waals surface area (Å²) >= 11 is 1.38. The third-order valence-corrected chi connectivity index (χ3v) is 8.26. The molecule has 0 unspecified atom stereocenters. The van der Waals surface area contributed by atoms with Gasteiger partial charge in [-0.05, 0) is 49.2 Å². The second-order valence-corrected chi connectivity index (χ2v) is 10.0. The first-order chi connectivity index (χ1) is 13.8. The van der Waals surface area contributed by atoms with Crippen LogP contribution >= 0.6 is 11.3 Å². The molecule has 0 saturated heterocycles. The number of rotatable bonds is 4. The molecule has 7 heteroatoms. The molecule has 0 saturated carbocycles. The Morgan fingerprint density at radius 1 is 1.10 bits per heavy atom. The zero-order valence-electron chi connectivity index (χ0n) is 16.4. The molecule has 0 aliphatic carbocycles. The Kier molecular flexibility index (Phi) is 4.96. The van der Waals surface area contributed by atoms with Crippen molar-refractivity contribution in [2.75, 3.05) is 12.4 Å². The Morgan fingerprint density at radius 2 is 1.83 bits per heavy atom. The third-order valence-electron chi connectivity index (χ3n) is 5.23. The van der Waals surface area contributed by atoms with Crippen molar-refractivity contribution >= 4 is 32.8 Å². The first-order valence-electron chi connectivity index (χ1n) is 9.19. The van der Waals surface area contributed by atoms with Crippen LogP contribution in [0.25, 0.3) is 0 Å². The lowest BCUT2D eigenvalue weighted by Gasteiger charge is -2.25. The number of hydrogen-bond acceptors (Lipinski definition) is 5. The lowest BCUT2D eigenvalue weighted by Crippen LogP contribution is -2.24. The van der Waals surface area contributed by atoms with Crippen LogP contribution in [0.4, 0.5) is 5.69 Å². The highest BCUT2D eigenvalue weighted by Gasteiger charge is 2.35. The second-order valence-electron chi connectivity index (χ2n) is 7.18. The summed E-state index contributed by atoms with van der Waals surface area (Å²) in [4.78, 5) is 13.7. The fourth-order valence-corrected chi connectivity index (χ4v) is 6.57. The Bertz CT molecular complexity index is 1190. The Morgan fingerprint density at radius 3 is 2.52 bits per heavy atom. The predicted molar refractivity (Wildman–Crippen MR) is 114 cm³/mol. The maximum atomic E-state index is 13.3. The number of hydrogen-bond donors (Lipinski definition) is 1. The molecular formula is C22H21NO4S2. The summed E-state index contributed by atoms with van der Waals surface area (Å²) < 4.78 is 31.6. The number of anilines is 1. The summed E-state index contributed by atoms with van der Waals surface area (Å²) in [6, 6.07) is 12.4. The number of aryl methyl sites for hydroxylation is 2. The fraction of sp³-hybridized carbons (Fsp3) is 0.227. The van der Waals surface area contributed by atoms with Gasteiger partial charge in [0.25, 0.3) is 0 Å². The van der Waals surface area contributed by atoms with Crippen molar-refractivity contribution < 1.29 is 17.9 Å². The fourth-order valence-electron chi connectivity index (χ4n) is 3.67. The quantitative estimate of drug-likeness (QED) is 0.656. The van der Waals surface area contributed by atoms with E-state index in [4.69, 9.17) is 4.74 Å². The van der Waals surface area contributed by atoms with Crippen LogP contribution < -0.4 is 10.1 Å². The smallest absolute Gasteiger partial charge is 0.225 e. The number of methoxy groups -OCH3 is 1. The van der Waals surface area contributed by atoms with E-state index in [0.717, 1.165) is 21.6 Å². The van der Waals surface area contributed by atoms with Crippen LogP contribution in [0.15, 0.2) is 57.6 Å². The molecule has 2 aromatic carbocycles. The van der Waals surface area contributed by atoms with Gasteiger partial charge in [-0.3, -0.25) is 4.79 Å². The second kappa shape index (κ2) is 7.31. The molecule has 4 rings (SSSR count). The molecule has 1 aliphatic rings. The molecule has 0 radical (unpaired) electrons. The van der Waals surface area contributed by atoms with Crippen molar-refractivity contribution in [3.63, 3.8) is 0 Å². The monoisotopic (exact) mass is 427 g/mol. The van der Waals surface area contributed by atoms with Gasteiger partial charge in [-0.25, -0.2) is 8.42 Å². The summed E-state index contributed by atoms with van der Waals surface area (Å²) in [5.41, 5.74) is 3.68. The van der Waals surface area contributed by atoms with Crippen molar-refractivity contribution in [2.45, 2.75) is 36.0 Å². The van der Waals surface area contributed by atoms with E-state index in [2.05, 4.69) is 11.4 Å². The van der Waals surface area contributed by atoms with E-state index in [-0.39, 0.29) is 21.6 Å². The Labute approximate surface area is 174 Å². The van der Waals surface area contributed by atoms with Gasteiger partial charge in [-0.15, -0.1) is 11.3 Å². The highest BCUT2D eigenvalue weighted by atomic mass is 32.2. The van der Waals surface area contributed by atoms with Gasteiger partial charge in [-0.1, -0.05) is 23.8 Å². The van der Waals surface area contributed by atoms with Gasteiger partial charge in [0.15, 0.2) is 0 Å². The molecule has 1 N–H and O–H groups in total. The Balaban J connectivity index is 1.82. The van der Waals surface area contributed by atoms with Crippen LogP contribution in [-0.2, 0) is 14.6 Å². The maximum absolute atomic E-state index is 13.3. The van der Waals surface area contributed by atoms with E-state index in [9.17, 15) is 13.2 Å². The van der Waals surface area contributed by atoms with Crippen molar-refractivity contribution in [2.24, 2.45) is 0 Å². The molecule has 29 heavy (non-hydrogen) atoms. The van der Waals surface area contributed by atoms with Crippen LogP contribution in [0.2, 0.25) is 0 Å². The van der Waals surface area contributed by atoms with E-state index in [1.807, 2.05) is 26.0 Å². The highest BCUT2D eigenvalue weighted by molar-refractivity contribution is 7.91. The normalized spacial score (nSPS) is 16.2. The molecule has 1 aromatic heterocycles. The molecule has 1 amide bonds. The van der Waals surface area contributed by atoms with Crippen LogP contribution in [-0.4, -0.2) is 21.4 Å². The van der Waals surface area contributed by atoms with E-state index in [0.29, 0.717) is 17.9 Å². The van der Waals surface area contributed by atoms with Gasteiger partial charge >= 0.3 is 0 Å². The molecule has 1 aliphatic heterocycles. The molecule has 1 atom stereocenters. The molecule has 0 fully saturated rings. The lowest BCUT2D eigenvalue weighted by molar-refractivity contribution is -0.116. The summed E-state index contributed by atoms with van der Waals surface area (Å²) in [6.45, 7) is 4.03. The number of thiophene rings is 1. The highest BCUT2D eigenvalue weighted by Crippen LogP contribution is 2.46. The van der Waals surface area contributed by atoms with Gasteiger partial charge in [0, 0.05) is 22.6 Å². The van der Waals surface area contributed by atoms with Crippen LogP contribution in [0.5, 0.6) is 5.75 Å². The average Bonchev–Trinajstić information content (AvgIpc) is 3.14. The number of carbonyl (C=O) groups is 1. The summed E-state index contributed by atoms with van der Waals surface area (Å²) in [7, 11) is -2.24. The van der Waals surface area contributed by atoms with Crippen molar-refractivity contribution in [3.05, 3.63) is 69.4 Å². The van der Waals surface area contributed by atoms with Crippen LogP contribution in [0, 0.1) is 13.8 Å². The van der Waals surface area contributed by atoms with Gasteiger partial charge in [0.2, 0.25) is 15.7 Å². The third kappa shape index (κ3) is 3.45. The molecule has 3 aromatic rings. The van der Waals surface area contributed by atoms with E-state index in [1.54, 1.807) is 17.5 Å². The first-order valence-corrected chi connectivity index (χ1v) is 11.5. The number of ether oxygens (including phenoxy) is 1. The zero-order valence-corrected chi connectivity index (χ0v) is 18.0. The van der Waals surface area contributed by atoms with E-state index < -0.39 is 9.84 Å². The maximum Gasteiger partial charge on any atom is 0.225 e. The summed E-state index contributed by atoms with van der Waals surface area (Å²) in [5, 5.41) is 4.44. The van der Waals surface area contributed by atoms with E-state index in [1.165, 1.54) is 30.6 Å². The topological polar surface area (TPSA) is 72.5 Å². The lowest BCUT2D eigenvalue weighted by atomic mass is 9.87. The van der Waals surface area contributed by atoms with Crippen LogP contribution in [0.1, 0.15) is 33.9 Å². The molecule has 5 nitrogen and oxygen atoms in total. The van der Waals surface area contributed by atoms with Gasteiger partial charge in [0.1, 0.15) is 10.6 Å². The minimum Gasteiger partial charge on any atom is -0.497 e. The number of sulfone groups is 1. The van der Waals surface area contributed by atoms with Crippen molar-refractivity contribution in [3.8, 4) is 5.75 Å². The molecule has 0 spiro atoms. The Hall–Kier alpha value is -2.64. The standard InChI is InChI=1S/C22H21NO4S2/c1-13-4-5-14(2)17(10-13)18-11-20(24)23-21-19(12-28-22(18)21)29(25,26)16-8-6-15(27-3)7-9-16/h4-10,12,18H,11H2,1-3H3,(H,23,24)/t18-/m1/s1. The first kappa shape index (κ1) is 19.7. The average molecular weight is 428 g/mol. The van der Waals surface area contributed by atoms with Crippen molar-refractivity contribution in [1.29, 1.82) is 0 Å². The van der Waals surface area contributed by atoms with E-state index >= 15 is 0 Å². The van der Waals surface area contributed by atoms with Gasteiger partial charge in [0.05, 0.1) is 17.7 Å². The summed E-state index contributed by atoms with van der Waals surface area (Å²) in [6.07, 6.45) is 0.305. The minimum absolute atomic E-state index is 0.144. The number of carbonyl (C=O) groups excluding carboxylic acids is 1. The molecule has 2 heterocycles. The van der Waals surface area contributed by atoms with Crippen molar-refractivity contribution in [1.82, 2.24) is 0 Å². The number of benzene rings is 2. The number of fused-ring (bicyclic) bond motifs is 1. The summed E-state index contributed by atoms with van der Waals surface area (Å²) in [5.74, 6) is 0.260. The molecule has 150 valence electrons. The van der Waals surface area contributed by atoms with Gasteiger partial charge < -0.3 is 10.1 Å². The van der Waals surface area contributed by atoms with Crippen LogP contribution in [0.3, 0.4) is 0 Å². The molecule has 0 bridgehead atoms. The van der Waals surface area contributed by atoms with Gasteiger partial charge in [-0.2, -0.15) is 0 Å². The number of amides is 1. The minimum atomic E-state index is -3.77. The predicted octanol–water partition coefficient (Wildman–Crippen LogP) is 4.68. The SMILES string of the molecule is COc1ccc(S(=O)(=O)c2csc3c2NC(=O)C[C@@H]3c2cc(C)ccc2C)cc1. The zero-order chi connectivity index (χ0) is 20.8. The number of nitrogens with one attached hydrogen (secondary N) is 1.